The standard InChI is InChI=1S/C51H81N3O6Si/c1-32-48(61(3,4)40-25-23-39(59-2)24-26-40)45(28-46(56)52-30-36-12-6-5-11-35(36)27-38(52)31-55)60-51(32)42-16-7-8-17-43(42)53(50(51)58)29-33-19-21-37(22-20-33)54-44-18-10-14-34-13-9-15-41(47(34)44)49(54)57/h32-41,44-45,47-48,55H,5-31H2,1-4H3/t32-,33?,34?,35?,36?,37?,38-,39?,40?,41?,44?,45+,47?,48-,51+/m0/s1. The van der Waals surface area contributed by atoms with Crippen LogP contribution in [-0.2, 0) is 23.9 Å². The van der Waals surface area contributed by atoms with Crippen molar-refractivity contribution >= 4 is 25.8 Å². The van der Waals surface area contributed by atoms with Crippen molar-refractivity contribution in [1.82, 2.24) is 14.7 Å². The molecule has 1 N–H and O–H groups in total. The highest BCUT2D eigenvalue weighted by Crippen LogP contribution is 2.62. The zero-order valence-electron chi connectivity index (χ0n) is 38.5. The fraction of sp³-hybridized carbons (Fsp3) is 0.902. The molecule has 10 heteroatoms. The van der Waals surface area contributed by atoms with Crippen molar-refractivity contribution in [2.24, 2.45) is 41.4 Å². The van der Waals surface area contributed by atoms with Crippen LogP contribution in [0.3, 0.4) is 0 Å². The van der Waals surface area contributed by atoms with Crippen LogP contribution in [0, 0.1) is 41.4 Å². The minimum atomic E-state index is -2.13. The van der Waals surface area contributed by atoms with E-state index < -0.39 is 13.7 Å². The lowest BCUT2D eigenvalue weighted by Crippen LogP contribution is -2.53. The molecule has 11 atom stereocenters. The van der Waals surface area contributed by atoms with Gasteiger partial charge in [-0.1, -0.05) is 77.8 Å². The molecule has 6 aliphatic carbocycles. The molecule has 340 valence electrons. The SMILES string of the molecule is COC1CCC([Si](C)(C)[C@@H]2[C@@H](CC(=O)N3CC4CCCCC4C[C@H]3CO)O[C@]3(C(=O)N(CC4CCC(N5C(=O)C6CCCC7CCCC5C76)CC4)C4=C3CCCC4)[C@H]2C)CC1. The number of nitrogens with zero attached hydrogens (tertiary/aromatic N) is 3. The number of carbonyl (C=O) groups is 3. The maximum Gasteiger partial charge on any atom is 0.263 e. The van der Waals surface area contributed by atoms with Crippen LogP contribution in [0.2, 0.25) is 24.2 Å². The highest BCUT2D eigenvalue weighted by molar-refractivity contribution is 6.80. The van der Waals surface area contributed by atoms with E-state index in [1.807, 2.05) is 7.11 Å². The highest BCUT2D eigenvalue weighted by Gasteiger charge is 2.68. The third-order valence-corrected chi connectivity index (χ3v) is 25.5. The number of fused-ring (bicyclic) bond motifs is 2. The lowest BCUT2D eigenvalue weighted by molar-refractivity contribution is -0.154. The van der Waals surface area contributed by atoms with Gasteiger partial charge in [0.05, 0.1) is 39.4 Å². The van der Waals surface area contributed by atoms with Crippen molar-refractivity contribution in [3.05, 3.63) is 11.3 Å². The van der Waals surface area contributed by atoms with Gasteiger partial charge in [-0.15, -0.1) is 0 Å². The number of allylic oxidation sites excluding steroid dienone is 1. The van der Waals surface area contributed by atoms with Gasteiger partial charge >= 0.3 is 0 Å². The summed E-state index contributed by atoms with van der Waals surface area (Å²) in [6, 6.07) is 0.713. The first-order chi connectivity index (χ1) is 29.5. The van der Waals surface area contributed by atoms with Gasteiger partial charge < -0.3 is 29.3 Å². The van der Waals surface area contributed by atoms with E-state index in [1.54, 1.807) is 0 Å². The Morgan fingerprint density at radius 3 is 2.28 bits per heavy atom. The van der Waals surface area contributed by atoms with E-state index >= 15 is 4.79 Å². The number of likely N-dealkylation sites (tertiary alicyclic amines) is 2. The van der Waals surface area contributed by atoms with E-state index in [-0.39, 0.29) is 47.9 Å². The maximum absolute atomic E-state index is 15.7. The zero-order chi connectivity index (χ0) is 42.2. The molecule has 5 saturated carbocycles. The summed E-state index contributed by atoms with van der Waals surface area (Å²) in [6.45, 7) is 9.02. The Balaban J connectivity index is 0.895. The Morgan fingerprint density at radius 2 is 1.54 bits per heavy atom. The largest absolute Gasteiger partial charge is 0.394 e. The molecule has 8 fully saturated rings. The first-order valence-corrected chi connectivity index (χ1v) is 29.2. The summed E-state index contributed by atoms with van der Waals surface area (Å²) in [4.78, 5) is 51.2. The molecule has 4 aliphatic heterocycles. The van der Waals surface area contributed by atoms with Gasteiger partial charge in [0.25, 0.3) is 5.91 Å². The number of carbonyl (C=O) groups excluding carboxylic acids is 3. The predicted molar refractivity (Wildman–Crippen MR) is 240 cm³/mol. The number of amides is 3. The van der Waals surface area contributed by atoms with Crippen molar-refractivity contribution in [1.29, 1.82) is 0 Å². The van der Waals surface area contributed by atoms with Crippen LogP contribution >= 0.6 is 0 Å². The van der Waals surface area contributed by atoms with E-state index in [0.717, 1.165) is 109 Å². The first-order valence-electron chi connectivity index (χ1n) is 26.0. The third-order valence-electron chi connectivity index (χ3n) is 20.2. The van der Waals surface area contributed by atoms with Crippen LogP contribution in [0.15, 0.2) is 11.3 Å². The van der Waals surface area contributed by atoms with E-state index in [4.69, 9.17) is 9.47 Å². The fourth-order valence-electron chi connectivity index (χ4n) is 17.2. The molecule has 0 radical (unpaired) electrons. The quantitative estimate of drug-likeness (QED) is 0.232. The molecule has 0 aromatic carbocycles. The van der Waals surface area contributed by atoms with Gasteiger partial charge in [-0.25, -0.2) is 0 Å². The van der Waals surface area contributed by atoms with Crippen molar-refractivity contribution in [2.45, 2.75) is 221 Å². The number of rotatable bonds is 9. The number of methoxy groups -OCH3 is 1. The maximum atomic E-state index is 15.7. The summed E-state index contributed by atoms with van der Waals surface area (Å²) in [5.41, 5.74) is 2.30. The lowest BCUT2D eigenvalue weighted by Gasteiger charge is -2.47. The van der Waals surface area contributed by atoms with Gasteiger partial charge in [0.15, 0.2) is 5.60 Å². The van der Waals surface area contributed by atoms with Gasteiger partial charge in [-0.2, -0.15) is 0 Å². The highest BCUT2D eigenvalue weighted by atomic mass is 28.3. The van der Waals surface area contributed by atoms with Gasteiger partial charge in [-0.3, -0.25) is 14.4 Å². The van der Waals surface area contributed by atoms with Crippen molar-refractivity contribution in [3.63, 3.8) is 0 Å². The second-order valence-electron chi connectivity index (χ2n) is 23.2. The zero-order valence-corrected chi connectivity index (χ0v) is 39.5. The lowest BCUT2D eigenvalue weighted by atomic mass is 9.65. The molecule has 0 bridgehead atoms. The Bertz CT molecular complexity index is 1680. The van der Waals surface area contributed by atoms with Crippen molar-refractivity contribution in [2.75, 3.05) is 26.8 Å². The van der Waals surface area contributed by atoms with E-state index in [1.165, 1.54) is 69.1 Å². The monoisotopic (exact) mass is 860 g/mol. The van der Waals surface area contributed by atoms with Crippen LogP contribution in [-0.4, -0.2) is 108 Å². The van der Waals surface area contributed by atoms with Crippen LogP contribution < -0.4 is 0 Å². The second-order valence-corrected chi connectivity index (χ2v) is 28.3. The van der Waals surface area contributed by atoms with Crippen LogP contribution in [0.1, 0.15) is 161 Å². The fourth-order valence-corrected chi connectivity index (χ4v) is 22.2. The number of aliphatic hydroxyl groups excluding tert-OH is 1. The Kier molecular flexibility index (Phi) is 12.2. The van der Waals surface area contributed by atoms with Gasteiger partial charge in [0.1, 0.15) is 0 Å². The molecule has 0 aromatic rings. The van der Waals surface area contributed by atoms with Crippen molar-refractivity contribution < 1.29 is 29.0 Å². The number of hydrogen-bond acceptors (Lipinski definition) is 6. The summed E-state index contributed by atoms with van der Waals surface area (Å²) in [6.07, 6.45) is 26.4. The van der Waals surface area contributed by atoms with E-state index in [0.29, 0.717) is 59.7 Å². The molecule has 4 heterocycles. The van der Waals surface area contributed by atoms with Crippen LogP contribution in [0.4, 0.5) is 0 Å². The average molecular weight is 860 g/mol. The normalized spacial score (nSPS) is 44.1. The second kappa shape index (κ2) is 17.2. The molecule has 10 aliphatic rings. The number of hydrogen-bond donors (Lipinski definition) is 1. The summed E-state index contributed by atoms with van der Waals surface area (Å²) < 4.78 is 13.4. The third kappa shape index (κ3) is 7.27. The Hall–Kier alpha value is -1.75. The summed E-state index contributed by atoms with van der Waals surface area (Å²) in [5.74, 6) is 4.01. The smallest absolute Gasteiger partial charge is 0.263 e. The summed E-state index contributed by atoms with van der Waals surface area (Å²) >= 11 is 0. The minimum Gasteiger partial charge on any atom is -0.394 e. The Morgan fingerprint density at radius 1 is 0.836 bits per heavy atom. The first kappa shape index (κ1) is 43.2. The minimum absolute atomic E-state index is 0.00482. The summed E-state index contributed by atoms with van der Waals surface area (Å²) in [5, 5.41) is 10.6. The molecule has 3 amide bonds. The topological polar surface area (TPSA) is 99.6 Å². The van der Waals surface area contributed by atoms with Crippen LogP contribution in [0.5, 0.6) is 0 Å². The molecule has 1 spiro atoms. The molecular weight excluding hydrogens is 779 g/mol. The molecule has 0 aromatic heterocycles. The van der Waals surface area contributed by atoms with E-state index in [9.17, 15) is 14.7 Å². The number of ether oxygens (including phenoxy) is 2. The van der Waals surface area contributed by atoms with Gasteiger partial charge in [0, 0.05) is 49.8 Å². The molecular formula is C51H81N3O6Si. The van der Waals surface area contributed by atoms with Crippen molar-refractivity contribution in [3.8, 4) is 0 Å². The average Bonchev–Trinajstić information content (AvgIpc) is 3.84. The Labute approximate surface area is 368 Å². The van der Waals surface area contributed by atoms with Gasteiger partial charge in [0.2, 0.25) is 11.8 Å². The van der Waals surface area contributed by atoms with Gasteiger partial charge in [-0.05, 0) is 136 Å². The summed E-state index contributed by atoms with van der Waals surface area (Å²) in [7, 11) is -0.274. The molecule has 6 unspecified atom stereocenters. The molecule has 9 nitrogen and oxygen atoms in total. The predicted octanol–water partition coefficient (Wildman–Crippen LogP) is 9.24. The molecule has 61 heavy (non-hydrogen) atoms. The molecule has 10 rings (SSSR count). The van der Waals surface area contributed by atoms with E-state index in [2.05, 4.69) is 34.7 Å². The molecule has 3 saturated heterocycles. The number of aliphatic hydroxyl groups is 1. The van der Waals surface area contributed by atoms with Crippen LogP contribution in [0.25, 0.3) is 0 Å². The number of piperidine rings is 1.